The summed E-state index contributed by atoms with van der Waals surface area (Å²) < 4.78 is 5.19. The van der Waals surface area contributed by atoms with Gasteiger partial charge < -0.3 is 15.5 Å². The van der Waals surface area contributed by atoms with Crippen LogP contribution in [0.2, 0.25) is 0 Å². The average molecular weight is 278 g/mol. The van der Waals surface area contributed by atoms with E-state index in [1.807, 2.05) is 0 Å². The van der Waals surface area contributed by atoms with Crippen LogP contribution < -0.4 is 11.1 Å². The molecule has 1 aliphatic carbocycles. The Morgan fingerprint density at radius 1 is 1.45 bits per heavy atom. The molecule has 0 aromatic carbocycles. The van der Waals surface area contributed by atoms with E-state index in [0.717, 1.165) is 12.3 Å². The highest BCUT2D eigenvalue weighted by atomic mass is 16.3. The van der Waals surface area contributed by atoms with E-state index in [1.54, 1.807) is 6.07 Å². The molecule has 1 atom stereocenters. The van der Waals surface area contributed by atoms with Crippen molar-refractivity contribution in [2.24, 2.45) is 11.7 Å². The van der Waals surface area contributed by atoms with Gasteiger partial charge in [-0.3, -0.25) is 4.79 Å². The summed E-state index contributed by atoms with van der Waals surface area (Å²) in [7, 11) is 0. The number of rotatable bonds is 6. The van der Waals surface area contributed by atoms with Crippen molar-refractivity contribution < 1.29 is 9.21 Å². The molecule has 0 bridgehead atoms. The molecule has 0 aliphatic heterocycles. The maximum Gasteiger partial charge on any atom is 0.254 e. The molecule has 1 fully saturated rings. The summed E-state index contributed by atoms with van der Waals surface area (Å²) in [4.78, 5) is 12.0. The third kappa shape index (κ3) is 4.37. The van der Waals surface area contributed by atoms with Crippen molar-refractivity contribution in [2.75, 3.05) is 0 Å². The minimum atomic E-state index is -0.0652. The van der Waals surface area contributed by atoms with E-state index < -0.39 is 0 Å². The van der Waals surface area contributed by atoms with Crippen molar-refractivity contribution in [2.45, 2.75) is 64.5 Å². The molecule has 0 radical (unpaired) electrons. The molecule has 1 unspecified atom stereocenters. The third-order valence-electron chi connectivity index (χ3n) is 4.23. The molecule has 1 saturated carbocycles. The van der Waals surface area contributed by atoms with Gasteiger partial charge in [-0.05, 0) is 31.7 Å². The smallest absolute Gasteiger partial charge is 0.254 e. The van der Waals surface area contributed by atoms with Gasteiger partial charge in [0.2, 0.25) is 0 Å². The quantitative estimate of drug-likeness (QED) is 0.839. The number of hydrogen-bond donors (Lipinski definition) is 2. The van der Waals surface area contributed by atoms with E-state index in [1.165, 1.54) is 44.8 Å². The fraction of sp³-hybridized carbons (Fsp3) is 0.688. The molecule has 2 rings (SSSR count). The standard InChI is InChI=1S/C16H26N2O2/c1-12(7-8-13-5-3-2-4-6-13)18-16(19)14-9-15(10-17)20-11-14/h9,11-13H,2-8,10,17H2,1H3,(H,18,19). The van der Waals surface area contributed by atoms with Gasteiger partial charge in [-0.1, -0.05) is 32.1 Å². The van der Waals surface area contributed by atoms with Gasteiger partial charge in [0.15, 0.2) is 0 Å². The molecule has 1 aromatic rings. The van der Waals surface area contributed by atoms with Crippen LogP contribution >= 0.6 is 0 Å². The first-order chi connectivity index (χ1) is 9.69. The number of amides is 1. The summed E-state index contributed by atoms with van der Waals surface area (Å²) >= 11 is 0. The molecule has 112 valence electrons. The first kappa shape index (κ1) is 15.1. The van der Waals surface area contributed by atoms with Crippen LogP contribution in [-0.2, 0) is 6.54 Å². The number of furan rings is 1. The molecular formula is C16H26N2O2. The second kappa shape index (κ2) is 7.48. The largest absolute Gasteiger partial charge is 0.467 e. The molecule has 0 saturated heterocycles. The summed E-state index contributed by atoms with van der Waals surface area (Å²) in [5.74, 6) is 1.44. The summed E-state index contributed by atoms with van der Waals surface area (Å²) in [6.07, 6.45) is 10.6. The molecule has 4 heteroatoms. The average Bonchev–Trinajstić information content (AvgIpc) is 2.95. The molecule has 1 amide bonds. The monoisotopic (exact) mass is 278 g/mol. The lowest BCUT2D eigenvalue weighted by Crippen LogP contribution is -2.32. The van der Waals surface area contributed by atoms with Gasteiger partial charge >= 0.3 is 0 Å². The Morgan fingerprint density at radius 2 is 2.20 bits per heavy atom. The van der Waals surface area contributed by atoms with Crippen LogP contribution in [0.15, 0.2) is 16.7 Å². The van der Waals surface area contributed by atoms with E-state index in [4.69, 9.17) is 10.2 Å². The van der Waals surface area contributed by atoms with E-state index in [-0.39, 0.29) is 11.9 Å². The zero-order chi connectivity index (χ0) is 14.4. The first-order valence-corrected chi connectivity index (χ1v) is 7.77. The van der Waals surface area contributed by atoms with Crippen LogP contribution in [0.4, 0.5) is 0 Å². The van der Waals surface area contributed by atoms with Crippen LogP contribution in [0.25, 0.3) is 0 Å². The zero-order valence-electron chi connectivity index (χ0n) is 12.4. The maximum absolute atomic E-state index is 12.0. The van der Waals surface area contributed by atoms with Crippen LogP contribution in [0.3, 0.4) is 0 Å². The lowest BCUT2D eigenvalue weighted by atomic mass is 9.85. The maximum atomic E-state index is 12.0. The number of nitrogens with one attached hydrogen (secondary N) is 1. The Bertz CT molecular complexity index is 422. The number of hydrogen-bond acceptors (Lipinski definition) is 3. The van der Waals surface area contributed by atoms with Crippen molar-refractivity contribution in [1.82, 2.24) is 5.32 Å². The molecule has 20 heavy (non-hydrogen) atoms. The fourth-order valence-electron chi connectivity index (χ4n) is 2.95. The van der Waals surface area contributed by atoms with Crippen molar-refractivity contribution >= 4 is 5.91 Å². The normalized spacial score (nSPS) is 17.9. The Kier molecular flexibility index (Phi) is 5.65. The summed E-state index contributed by atoms with van der Waals surface area (Å²) in [5, 5.41) is 3.03. The van der Waals surface area contributed by atoms with Gasteiger partial charge in [-0.25, -0.2) is 0 Å². The van der Waals surface area contributed by atoms with Gasteiger partial charge in [0, 0.05) is 6.04 Å². The topological polar surface area (TPSA) is 68.3 Å². The summed E-state index contributed by atoms with van der Waals surface area (Å²) in [5.41, 5.74) is 6.03. The van der Waals surface area contributed by atoms with Crippen molar-refractivity contribution in [3.63, 3.8) is 0 Å². The van der Waals surface area contributed by atoms with Crippen LogP contribution in [-0.4, -0.2) is 11.9 Å². The van der Waals surface area contributed by atoms with Gasteiger partial charge in [0.25, 0.3) is 5.91 Å². The van der Waals surface area contributed by atoms with E-state index in [9.17, 15) is 4.79 Å². The molecule has 0 spiro atoms. The lowest BCUT2D eigenvalue weighted by Gasteiger charge is -2.23. The fourth-order valence-corrected chi connectivity index (χ4v) is 2.95. The van der Waals surface area contributed by atoms with Crippen LogP contribution in [0.5, 0.6) is 0 Å². The van der Waals surface area contributed by atoms with E-state index >= 15 is 0 Å². The third-order valence-corrected chi connectivity index (χ3v) is 4.23. The van der Waals surface area contributed by atoms with Crippen LogP contribution in [0, 0.1) is 5.92 Å². The predicted molar refractivity (Wildman–Crippen MR) is 79.3 cm³/mol. The number of carbonyl (C=O) groups excluding carboxylic acids is 1. The van der Waals surface area contributed by atoms with Crippen molar-refractivity contribution in [3.8, 4) is 0 Å². The number of nitrogens with two attached hydrogens (primary N) is 1. The SMILES string of the molecule is CC(CCC1CCCCC1)NC(=O)c1coc(CN)c1. The second-order valence-electron chi connectivity index (χ2n) is 5.96. The van der Waals surface area contributed by atoms with Crippen LogP contribution in [0.1, 0.15) is 68.0 Å². The minimum Gasteiger partial charge on any atom is -0.467 e. The minimum absolute atomic E-state index is 0.0652. The Labute approximate surface area is 121 Å². The Balaban J connectivity index is 1.72. The molecular weight excluding hydrogens is 252 g/mol. The first-order valence-electron chi connectivity index (χ1n) is 7.77. The van der Waals surface area contributed by atoms with E-state index in [2.05, 4.69) is 12.2 Å². The van der Waals surface area contributed by atoms with Gasteiger partial charge in [-0.15, -0.1) is 0 Å². The summed E-state index contributed by atoms with van der Waals surface area (Å²) in [6, 6.07) is 1.92. The Hall–Kier alpha value is -1.29. The number of carbonyl (C=O) groups is 1. The Morgan fingerprint density at radius 3 is 2.85 bits per heavy atom. The molecule has 1 heterocycles. The molecule has 1 aromatic heterocycles. The van der Waals surface area contributed by atoms with Gasteiger partial charge in [0.05, 0.1) is 12.1 Å². The second-order valence-corrected chi connectivity index (χ2v) is 5.96. The molecule has 1 aliphatic rings. The highest BCUT2D eigenvalue weighted by molar-refractivity contribution is 5.94. The van der Waals surface area contributed by atoms with Gasteiger partial charge in [0.1, 0.15) is 12.0 Å². The predicted octanol–water partition coefficient (Wildman–Crippen LogP) is 3.22. The molecule has 4 nitrogen and oxygen atoms in total. The van der Waals surface area contributed by atoms with E-state index in [0.29, 0.717) is 17.9 Å². The highest BCUT2D eigenvalue weighted by Crippen LogP contribution is 2.27. The summed E-state index contributed by atoms with van der Waals surface area (Å²) in [6.45, 7) is 2.40. The highest BCUT2D eigenvalue weighted by Gasteiger charge is 2.16. The lowest BCUT2D eigenvalue weighted by molar-refractivity contribution is 0.0935. The molecule has 3 N–H and O–H groups in total. The van der Waals surface area contributed by atoms with Crippen molar-refractivity contribution in [3.05, 3.63) is 23.7 Å². The van der Waals surface area contributed by atoms with Gasteiger partial charge in [-0.2, -0.15) is 0 Å². The zero-order valence-corrected chi connectivity index (χ0v) is 12.4. The van der Waals surface area contributed by atoms with Crippen molar-refractivity contribution in [1.29, 1.82) is 0 Å².